The van der Waals surface area contributed by atoms with E-state index in [0.717, 1.165) is 0 Å². The molecule has 1 atom stereocenters. The van der Waals surface area contributed by atoms with Crippen LogP contribution in [0.1, 0.15) is 74.7 Å². The van der Waals surface area contributed by atoms with Gasteiger partial charge in [0, 0.05) is 12.2 Å². The quantitative estimate of drug-likeness (QED) is 0.652. The maximum atomic E-state index is 4.61. The standard InChI is InChI=1S/C17H30N2/c1-5-6-7-8-9-10-11-16(18-4)17-15(3)12-14(2)13-19-17/h12-13,16,18H,5-11H2,1-4H3. The zero-order valence-corrected chi connectivity index (χ0v) is 13.1. The molecule has 2 heteroatoms. The van der Waals surface area contributed by atoms with Crippen molar-refractivity contribution in [1.29, 1.82) is 0 Å². The average molecular weight is 262 g/mol. The van der Waals surface area contributed by atoms with Crippen LogP contribution in [0.4, 0.5) is 0 Å². The molecule has 108 valence electrons. The molecule has 0 aliphatic heterocycles. The Balaban J connectivity index is 2.40. The topological polar surface area (TPSA) is 24.9 Å². The number of nitrogens with one attached hydrogen (secondary N) is 1. The van der Waals surface area contributed by atoms with Crippen molar-refractivity contribution < 1.29 is 0 Å². The molecule has 1 unspecified atom stereocenters. The predicted molar refractivity (Wildman–Crippen MR) is 83.5 cm³/mol. The van der Waals surface area contributed by atoms with Gasteiger partial charge in [-0.2, -0.15) is 0 Å². The highest BCUT2D eigenvalue weighted by Crippen LogP contribution is 2.21. The number of aromatic nitrogens is 1. The summed E-state index contributed by atoms with van der Waals surface area (Å²) in [6, 6.07) is 2.64. The van der Waals surface area contributed by atoms with Crippen molar-refractivity contribution in [3.63, 3.8) is 0 Å². The summed E-state index contributed by atoms with van der Waals surface area (Å²) in [6.45, 7) is 6.54. The molecule has 0 aliphatic carbocycles. The number of hydrogen-bond donors (Lipinski definition) is 1. The minimum Gasteiger partial charge on any atom is -0.312 e. The van der Waals surface area contributed by atoms with Gasteiger partial charge in [0.1, 0.15) is 0 Å². The third kappa shape index (κ3) is 5.73. The summed E-state index contributed by atoms with van der Waals surface area (Å²) in [6.07, 6.45) is 11.3. The number of unbranched alkanes of at least 4 members (excludes halogenated alkanes) is 5. The van der Waals surface area contributed by atoms with E-state index in [9.17, 15) is 0 Å². The summed E-state index contributed by atoms with van der Waals surface area (Å²) in [5, 5.41) is 3.42. The van der Waals surface area contributed by atoms with Crippen LogP contribution in [0.3, 0.4) is 0 Å². The SMILES string of the molecule is CCCCCCCCC(NC)c1ncc(C)cc1C. The highest BCUT2D eigenvalue weighted by atomic mass is 14.9. The molecule has 1 N–H and O–H groups in total. The van der Waals surface area contributed by atoms with Crippen LogP contribution in [0.2, 0.25) is 0 Å². The largest absolute Gasteiger partial charge is 0.312 e. The van der Waals surface area contributed by atoms with Gasteiger partial charge in [-0.3, -0.25) is 4.98 Å². The molecule has 19 heavy (non-hydrogen) atoms. The van der Waals surface area contributed by atoms with Crippen molar-refractivity contribution in [3.8, 4) is 0 Å². The van der Waals surface area contributed by atoms with Gasteiger partial charge in [0.05, 0.1) is 5.69 Å². The summed E-state index contributed by atoms with van der Waals surface area (Å²) in [5.74, 6) is 0. The van der Waals surface area contributed by atoms with E-state index in [4.69, 9.17) is 0 Å². The summed E-state index contributed by atoms with van der Waals surface area (Å²) in [7, 11) is 2.04. The van der Waals surface area contributed by atoms with Crippen molar-refractivity contribution in [2.24, 2.45) is 0 Å². The lowest BCUT2D eigenvalue weighted by atomic mass is 10.00. The molecule has 1 aromatic rings. The molecule has 0 aromatic carbocycles. The van der Waals surface area contributed by atoms with Gasteiger partial charge in [0.2, 0.25) is 0 Å². The third-order valence-electron chi connectivity index (χ3n) is 3.78. The smallest absolute Gasteiger partial charge is 0.0602 e. The lowest BCUT2D eigenvalue weighted by Gasteiger charge is -2.18. The van der Waals surface area contributed by atoms with Gasteiger partial charge in [-0.15, -0.1) is 0 Å². The van der Waals surface area contributed by atoms with Gasteiger partial charge < -0.3 is 5.32 Å². The van der Waals surface area contributed by atoms with Gasteiger partial charge in [-0.25, -0.2) is 0 Å². The molecule has 1 rings (SSSR count). The first-order valence-corrected chi connectivity index (χ1v) is 7.79. The van der Waals surface area contributed by atoms with Gasteiger partial charge in [0.25, 0.3) is 0 Å². The maximum Gasteiger partial charge on any atom is 0.0602 e. The molecule has 1 heterocycles. The second kappa shape index (κ2) is 9.08. The van der Waals surface area contributed by atoms with Crippen molar-refractivity contribution >= 4 is 0 Å². The summed E-state index contributed by atoms with van der Waals surface area (Å²) in [4.78, 5) is 4.61. The number of rotatable bonds is 9. The molecule has 2 nitrogen and oxygen atoms in total. The number of nitrogens with zero attached hydrogens (tertiary/aromatic N) is 1. The van der Waals surface area contributed by atoms with Crippen LogP contribution in [0.5, 0.6) is 0 Å². The molecular formula is C17H30N2. The van der Waals surface area contributed by atoms with Crippen LogP contribution < -0.4 is 5.32 Å². The van der Waals surface area contributed by atoms with E-state index < -0.39 is 0 Å². The van der Waals surface area contributed by atoms with Crippen LogP contribution in [0.25, 0.3) is 0 Å². The van der Waals surface area contributed by atoms with E-state index in [1.165, 1.54) is 61.8 Å². The Labute approximate surface area is 119 Å². The van der Waals surface area contributed by atoms with Crippen LogP contribution >= 0.6 is 0 Å². The van der Waals surface area contributed by atoms with E-state index in [1.54, 1.807) is 0 Å². The fraction of sp³-hybridized carbons (Fsp3) is 0.706. The normalized spacial score (nSPS) is 12.6. The molecule has 0 aliphatic rings. The van der Waals surface area contributed by atoms with Gasteiger partial charge in [-0.1, -0.05) is 51.5 Å². The van der Waals surface area contributed by atoms with E-state index in [2.05, 4.69) is 37.1 Å². The van der Waals surface area contributed by atoms with E-state index in [0.29, 0.717) is 6.04 Å². The minimum atomic E-state index is 0.409. The second-order valence-electron chi connectivity index (χ2n) is 5.61. The van der Waals surface area contributed by atoms with E-state index >= 15 is 0 Å². The Kier molecular flexibility index (Phi) is 7.73. The average Bonchev–Trinajstić information content (AvgIpc) is 2.39. The molecule has 0 saturated carbocycles. The first kappa shape index (κ1) is 16.2. The van der Waals surface area contributed by atoms with Gasteiger partial charge >= 0.3 is 0 Å². The van der Waals surface area contributed by atoms with E-state index in [-0.39, 0.29) is 0 Å². The molecule has 0 fully saturated rings. The Hall–Kier alpha value is -0.890. The van der Waals surface area contributed by atoms with Crippen molar-refractivity contribution in [1.82, 2.24) is 10.3 Å². The van der Waals surface area contributed by atoms with Crippen LogP contribution in [0.15, 0.2) is 12.3 Å². The summed E-state index contributed by atoms with van der Waals surface area (Å²) < 4.78 is 0. The third-order valence-corrected chi connectivity index (χ3v) is 3.78. The van der Waals surface area contributed by atoms with Crippen LogP contribution in [0, 0.1) is 13.8 Å². The fourth-order valence-electron chi connectivity index (χ4n) is 2.64. The predicted octanol–water partition coefficient (Wildman–Crippen LogP) is 4.71. The first-order valence-electron chi connectivity index (χ1n) is 7.79. The Morgan fingerprint density at radius 3 is 2.42 bits per heavy atom. The monoisotopic (exact) mass is 262 g/mol. The highest BCUT2D eigenvalue weighted by molar-refractivity contribution is 5.25. The lowest BCUT2D eigenvalue weighted by Crippen LogP contribution is -2.18. The molecular weight excluding hydrogens is 232 g/mol. The van der Waals surface area contributed by atoms with Gasteiger partial charge in [0.15, 0.2) is 0 Å². The molecule has 1 aromatic heterocycles. The zero-order valence-electron chi connectivity index (χ0n) is 13.1. The Bertz CT molecular complexity index is 360. The van der Waals surface area contributed by atoms with Crippen LogP contribution in [-0.4, -0.2) is 12.0 Å². The fourth-order valence-corrected chi connectivity index (χ4v) is 2.64. The number of aryl methyl sites for hydroxylation is 2. The molecule has 0 amide bonds. The number of pyridine rings is 1. The minimum absolute atomic E-state index is 0.409. The summed E-state index contributed by atoms with van der Waals surface area (Å²) >= 11 is 0. The molecule has 0 saturated heterocycles. The Morgan fingerprint density at radius 2 is 1.79 bits per heavy atom. The van der Waals surface area contributed by atoms with Crippen molar-refractivity contribution in [2.75, 3.05) is 7.05 Å². The van der Waals surface area contributed by atoms with E-state index in [1.807, 2.05) is 13.2 Å². The zero-order chi connectivity index (χ0) is 14.1. The molecule has 0 bridgehead atoms. The second-order valence-corrected chi connectivity index (χ2v) is 5.61. The van der Waals surface area contributed by atoms with Crippen LogP contribution in [-0.2, 0) is 0 Å². The lowest BCUT2D eigenvalue weighted by molar-refractivity contribution is 0.487. The van der Waals surface area contributed by atoms with Gasteiger partial charge in [-0.05, 0) is 38.4 Å². The molecule has 0 radical (unpaired) electrons. The molecule has 0 spiro atoms. The first-order chi connectivity index (χ1) is 9.19. The van der Waals surface area contributed by atoms with Crippen molar-refractivity contribution in [2.45, 2.75) is 71.8 Å². The highest BCUT2D eigenvalue weighted by Gasteiger charge is 2.12. The summed E-state index contributed by atoms with van der Waals surface area (Å²) in [5.41, 5.74) is 3.78. The van der Waals surface area contributed by atoms with Crippen molar-refractivity contribution in [3.05, 3.63) is 29.1 Å². The Morgan fingerprint density at radius 1 is 1.11 bits per heavy atom. The maximum absolute atomic E-state index is 4.61. The number of hydrogen-bond acceptors (Lipinski definition) is 2.